The van der Waals surface area contributed by atoms with E-state index in [4.69, 9.17) is 14.5 Å². The van der Waals surface area contributed by atoms with Gasteiger partial charge in [0.2, 0.25) is 0 Å². The van der Waals surface area contributed by atoms with E-state index >= 15 is 0 Å². The Morgan fingerprint density at radius 1 is 1.00 bits per heavy atom. The van der Waals surface area contributed by atoms with E-state index in [1.165, 1.54) is 0 Å². The minimum Gasteiger partial charge on any atom is -0.354 e. The highest BCUT2D eigenvalue weighted by Crippen LogP contribution is 2.34. The van der Waals surface area contributed by atoms with Crippen LogP contribution in [0.3, 0.4) is 0 Å². The standard InChI is InChI=1S/C28H32N6O2/c1-3-4-11-23-30-26(24-25(32-36-27(24)31-23)21-9-6-5-7-10-21)33-16-8-17-34(19-18-33)28(35)29-22-14-12-20(2)13-15-22/h5-7,9-10,12-15H,3-4,8,11,16-19H2,1-2H3,(H,29,35). The Morgan fingerprint density at radius 3 is 2.58 bits per heavy atom. The van der Waals surface area contributed by atoms with Crippen LogP contribution in [-0.2, 0) is 6.42 Å². The molecule has 1 N–H and O–H groups in total. The van der Waals surface area contributed by atoms with E-state index in [-0.39, 0.29) is 6.03 Å². The van der Waals surface area contributed by atoms with Crippen LogP contribution in [0.25, 0.3) is 22.4 Å². The zero-order valence-corrected chi connectivity index (χ0v) is 20.9. The Balaban J connectivity index is 1.41. The van der Waals surface area contributed by atoms with Crippen molar-refractivity contribution in [3.63, 3.8) is 0 Å². The van der Waals surface area contributed by atoms with E-state index in [1.54, 1.807) is 0 Å². The molecule has 1 saturated heterocycles. The number of urea groups is 1. The second-order valence-electron chi connectivity index (χ2n) is 9.27. The number of carbonyl (C=O) groups is 1. The molecule has 0 atom stereocenters. The molecule has 5 rings (SSSR count). The van der Waals surface area contributed by atoms with Gasteiger partial charge in [-0.05, 0) is 31.9 Å². The van der Waals surface area contributed by atoms with Crippen LogP contribution in [0, 0.1) is 6.92 Å². The summed E-state index contributed by atoms with van der Waals surface area (Å²) in [5, 5.41) is 8.24. The van der Waals surface area contributed by atoms with Gasteiger partial charge in [-0.15, -0.1) is 0 Å². The monoisotopic (exact) mass is 484 g/mol. The van der Waals surface area contributed by atoms with Crippen LogP contribution in [0.1, 0.15) is 37.6 Å². The number of nitrogens with zero attached hydrogens (tertiary/aromatic N) is 5. The van der Waals surface area contributed by atoms with E-state index < -0.39 is 0 Å². The highest BCUT2D eigenvalue weighted by Gasteiger charge is 2.25. The topological polar surface area (TPSA) is 87.4 Å². The number of rotatable bonds is 6. The average molecular weight is 485 g/mol. The van der Waals surface area contributed by atoms with Gasteiger partial charge in [0.1, 0.15) is 22.7 Å². The Labute approximate surface area is 211 Å². The van der Waals surface area contributed by atoms with Gasteiger partial charge in [-0.2, -0.15) is 4.98 Å². The molecule has 0 unspecified atom stereocenters. The Morgan fingerprint density at radius 2 is 1.81 bits per heavy atom. The number of hydrogen-bond donors (Lipinski definition) is 1. The van der Waals surface area contributed by atoms with Crippen LogP contribution in [0.2, 0.25) is 0 Å². The van der Waals surface area contributed by atoms with Crippen molar-refractivity contribution in [3.05, 3.63) is 66.0 Å². The first-order valence-electron chi connectivity index (χ1n) is 12.7. The third kappa shape index (κ3) is 5.17. The van der Waals surface area contributed by atoms with Gasteiger partial charge in [0.15, 0.2) is 0 Å². The number of unbranched alkanes of at least 4 members (excludes halogenated alkanes) is 1. The van der Waals surface area contributed by atoms with Gasteiger partial charge < -0.3 is 19.6 Å². The fourth-order valence-corrected chi connectivity index (χ4v) is 4.52. The summed E-state index contributed by atoms with van der Waals surface area (Å²) in [4.78, 5) is 26.8. The fourth-order valence-electron chi connectivity index (χ4n) is 4.52. The molecule has 2 aromatic carbocycles. The SMILES string of the molecule is CCCCc1nc(N2CCCN(C(=O)Nc3ccc(C)cc3)CC2)c2c(-c3ccccc3)noc2n1. The fraction of sp³-hybridized carbons (Fsp3) is 0.357. The van der Waals surface area contributed by atoms with Crippen LogP contribution in [-0.4, -0.2) is 52.2 Å². The quantitative estimate of drug-likeness (QED) is 0.379. The number of amides is 2. The van der Waals surface area contributed by atoms with Crippen molar-refractivity contribution in [3.8, 4) is 11.3 Å². The lowest BCUT2D eigenvalue weighted by molar-refractivity contribution is 0.215. The molecule has 0 saturated carbocycles. The average Bonchev–Trinajstić information content (AvgIpc) is 3.17. The Hall–Kier alpha value is -3.94. The van der Waals surface area contributed by atoms with Gasteiger partial charge in [-0.1, -0.05) is 66.5 Å². The molecule has 186 valence electrons. The first-order chi connectivity index (χ1) is 17.6. The van der Waals surface area contributed by atoms with E-state index in [0.717, 1.165) is 71.8 Å². The summed E-state index contributed by atoms with van der Waals surface area (Å²) in [6.45, 7) is 6.92. The maximum absolute atomic E-state index is 13.0. The number of fused-ring (bicyclic) bond motifs is 1. The lowest BCUT2D eigenvalue weighted by Crippen LogP contribution is -2.38. The summed E-state index contributed by atoms with van der Waals surface area (Å²) in [5.41, 5.74) is 4.21. The van der Waals surface area contributed by atoms with Crippen molar-refractivity contribution < 1.29 is 9.32 Å². The second-order valence-corrected chi connectivity index (χ2v) is 9.27. The number of benzene rings is 2. The van der Waals surface area contributed by atoms with Crippen molar-refractivity contribution in [2.24, 2.45) is 0 Å². The molecular formula is C28H32N6O2. The summed E-state index contributed by atoms with van der Waals surface area (Å²) in [7, 11) is 0. The Kier molecular flexibility index (Phi) is 7.11. The molecule has 1 aliphatic rings. The number of aryl methyl sites for hydroxylation is 2. The predicted octanol–water partition coefficient (Wildman–Crippen LogP) is 5.68. The number of anilines is 2. The van der Waals surface area contributed by atoms with E-state index in [2.05, 4.69) is 22.3 Å². The zero-order valence-electron chi connectivity index (χ0n) is 20.9. The molecule has 2 amide bonds. The number of nitrogens with one attached hydrogen (secondary N) is 1. The largest absolute Gasteiger partial charge is 0.354 e. The summed E-state index contributed by atoms with van der Waals surface area (Å²) < 4.78 is 5.72. The smallest absolute Gasteiger partial charge is 0.321 e. The minimum absolute atomic E-state index is 0.0767. The summed E-state index contributed by atoms with van der Waals surface area (Å²) in [5.74, 6) is 1.61. The van der Waals surface area contributed by atoms with Gasteiger partial charge in [0.05, 0.1) is 0 Å². The molecule has 0 spiro atoms. The minimum atomic E-state index is -0.0767. The maximum atomic E-state index is 13.0. The van der Waals surface area contributed by atoms with E-state index in [9.17, 15) is 4.79 Å². The van der Waals surface area contributed by atoms with Gasteiger partial charge in [-0.25, -0.2) is 9.78 Å². The lowest BCUT2D eigenvalue weighted by atomic mass is 10.1. The molecule has 4 aromatic rings. The van der Waals surface area contributed by atoms with E-state index in [0.29, 0.717) is 25.3 Å². The van der Waals surface area contributed by atoms with Crippen molar-refractivity contribution in [1.82, 2.24) is 20.0 Å². The van der Waals surface area contributed by atoms with Crippen molar-refractivity contribution in [2.75, 3.05) is 36.4 Å². The molecule has 1 fully saturated rings. The predicted molar refractivity (Wildman–Crippen MR) is 142 cm³/mol. The molecule has 36 heavy (non-hydrogen) atoms. The van der Waals surface area contributed by atoms with Crippen LogP contribution in [0.5, 0.6) is 0 Å². The van der Waals surface area contributed by atoms with Crippen LogP contribution >= 0.6 is 0 Å². The van der Waals surface area contributed by atoms with E-state index in [1.807, 2.05) is 66.4 Å². The summed E-state index contributed by atoms with van der Waals surface area (Å²) in [6.07, 6.45) is 3.71. The van der Waals surface area contributed by atoms with Crippen molar-refractivity contribution >= 4 is 28.6 Å². The summed E-state index contributed by atoms with van der Waals surface area (Å²) >= 11 is 0. The van der Waals surface area contributed by atoms with Gasteiger partial charge in [0, 0.05) is 43.9 Å². The zero-order chi connectivity index (χ0) is 24.9. The summed E-state index contributed by atoms with van der Waals surface area (Å²) in [6, 6.07) is 17.8. The molecule has 2 aromatic heterocycles. The molecule has 8 heteroatoms. The second kappa shape index (κ2) is 10.8. The third-order valence-corrected chi connectivity index (χ3v) is 6.55. The highest BCUT2D eigenvalue weighted by molar-refractivity contribution is 5.98. The van der Waals surface area contributed by atoms with Gasteiger partial charge in [0.25, 0.3) is 5.71 Å². The Bertz CT molecular complexity index is 1320. The number of hydrogen-bond acceptors (Lipinski definition) is 6. The van der Waals surface area contributed by atoms with Crippen LogP contribution in [0.4, 0.5) is 16.3 Å². The van der Waals surface area contributed by atoms with Gasteiger partial charge >= 0.3 is 6.03 Å². The maximum Gasteiger partial charge on any atom is 0.321 e. The molecule has 1 aliphatic heterocycles. The first kappa shape index (κ1) is 23.8. The highest BCUT2D eigenvalue weighted by atomic mass is 16.5. The lowest BCUT2D eigenvalue weighted by Gasteiger charge is -2.24. The molecular weight excluding hydrogens is 452 g/mol. The normalized spacial score (nSPS) is 14.2. The molecule has 0 aliphatic carbocycles. The number of carbonyl (C=O) groups excluding carboxylic acids is 1. The van der Waals surface area contributed by atoms with Crippen LogP contribution in [0.15, 0.2) is 59.1 Å². The molecule has 0 radical (unpaired) electrons. The van der Waals surface area contributed by atoms with Gasteiger partial charge in [-0.3, -0.25) is 0 Å². The van der Waals surface area contributed by atoms with Crippen LogP contribution < -0.4 is 10.2 Å². The third-order valence-electron chi connectivity index (χ3n) is 6.55. The molecule has 3 heterocycles. The molecule has 8 nitrogen and oxygen atoms in total. The first-order valence-corrected chi connectivity index (χ1v) is 12.7. The number of aromatic nitrogens is 3. The molecule has 0 bridgehead atoms. The van der Waals surface area contributed by atoms with Crippen molar-refractivity contribution in [2.45, 2.75) is 39.5 Å². The van der Waals surface area contributed by atoms with Crippen molar-refractivity contribution in [1.29, 1.82) is 0 Å².